The normalized spacial score (nSPS) is 14.4. The molecule has 1 aliphatic carbocycles. The van der Waals surface area contributed by atoms with Crippen molar-refractivity contribution >= 4 is 16.9 Å². The second-order valence-corrected chi connectivity index (χ2v) is 7.58. The molecule has 1 atom stereocenters. The van der Waals surface area contributed by atoms with Gasteiger partial charge < -0.3 is 5.32 Å². The number of rotatable bonds is 6. The number of hydrogen-bond donors (Lipinski definition) is 1. The molecule has 29 heavy (non-hydrogen) atoms. The van der Waals surface area contributed by atoms with Crippen molar-refractivity contribution in [2.45, 2.75) is 51.5 Å². The van der Waals surface area contributed by atoms with Crippen LogP contribution in [-0.2, 0) is 24.1 Å². The van der Waals surface area contributed by atoms with E-state index in [0.29, 0.717) is 24.0 Å². The quantitative estimate of drug-likeness (QED) is 0.702. The molecule has 2 heterocycles. The zero-order valence-electron chi connectivity index (χ0n) is 16.7. The van der Waals surface area contributed by atoms with Gasteiger partial charge in [0.25, 0.3) is 5.56 Å². The molecule has 1 aromatic carbocycles. The van der Waals surface area contributed by atoms with Gasteiger partial charge in [-0.3, -0.25) is 14.2 Å². The Kier molecular flexibility index (Phi) is 5.69. The smallest absolute Gasteiger partial charge is 0.263 e. The molecule has 0 unspecified atom stereocenters. The standard InChI is InChI=1S/C23H26N4O2/c1-2-20(22(28)24-13-12-16-8-4-3-5-9-16)27-15-25-21-18(23(27)29)14-17-10-6-7-11-19(17)26-21/h3-5,8-9,14-15,20H,2,6-7,10-13H2,1H3,(H,24,28)/t20-/m0/s1. The Labute approximate surface area is 170 Å². The van der Waals surface area contributed by atoms with E-state index < -0.39 is 6.04 Å². The highest BCUT2D eigenvalue weighted by Gasteiger charge is 2.22. The second-order valence-electron chi connectivity index (χ2n) is 7.58. The molecule has 1 amide bonds. The van der Waals surface area contributed by atoms with E-state index in [4.69, 9.17) is 0 Å². The highest BCUT2D eigenvalue weighted by atomic mass is 16.2. The summed E-state index contributed by atoms with van der Waals surface area (Å²) in [5.74, 6) is -0.155. The van der Waals surface area contributed by atoms with Crippen LogP contribution in [0.1, 0.15) is 49.0 Å². The van der Waals surface area contributed by atoms with Gasteiger partial charge in [-0.1, -0.05) is 37.3 Å². The lowest BCUT2D eigenvalue weighted by molar-refractivity contribution is -0.124. The zero-order valence-corrected chi connectivity index (χ0v) is 16.7. The molecule has 0 fully saturated rings. The number of nitrogens with one attached hydrogen (secondary N) is 1. The predicted molar refractivity (Wildman–Crippen MR) is 113 cm³/mol. The third-order valence-corrected chi connectivity index (χ3v) is 5.63. The number of hydrogen-bond acceptors (Lipinski definition) is 4. The maximum absolute atomic E-state index is 13.1. The fourth-order valence-corrected chi connectivity index (χ4v) is 4.01. The minimum absolute atomic E-state index is 0.155. The number of benzene rings is 1. The molecule has 0 spiro atoms. The average Bonchev–Trinajstić information content (AvgIpc) is 2.75. The molecule has 0 saturated carbocycles. The van der Waals surface area contributed by atoms with Crippen molar-refractivity contribution in [1.82, 2.24) is 19.9 Å². The fraction of sp³-hybridized carbons (Fsp3) is 0.391. The molecular weight excluding hydrogens is 364 g/mol. The number of pyridine rings is 1. The molecular formula is C23H26N4O2. The van der Waals surface area contributed by atoms with Crippen LogP contribution < -0.4 is 10.9 Å². The molecule has 6 heteroatoms. The number of aryl methyl sites for hydroxylation is 2. The Bertz CT molecular complexity index is 1080. The number of carbonyl (C=O) groups is 1. The molecule has 0 radical (unpaired) electrons. The SMILES string of the molecule is CC[C@@H](C(=O)NCCc1ccccc1)n1cnc2nc3c(cc2c1=O)CCCC3. The third-order valence-electron chi connectivity index (χ3n) is 5.63. The van der Waals surface area contributed by atoms with Crippen molar-refractivity contribution in [3.63, 3.8) is 0 Å². The lowest BCUT2D eigenvalue weighted by Gasteiger charge is -2.19. The van der Waals surface area contributed by atoms with Gasteiger partial charge in [-0.2, -0.15) is 0 Å². The van der Waals surface area contributed by atoms with Crippen LogP contribution in [0.2, 0.25) is 0 Å². The summed E-state index contributed by atoms with van der Waals surface area (Å²) >= 11 is 0. The summed E-state index contributed by atoms with van der Waals surface area (Å²) in [5, 5.41) is 3.47. The van der Waals surface area contributed by atoms with E-state index in [0.717, 1.165) is 43.4 Å². The van der Waals surface area contributed by atoms with Crippen LogP contribution in [0.3, 0.4) is 0 Å². The summed E-state index contributed by atoms with van der Waals surface area (Å²) in [4.78, 5) is 34.9. The van der Waals surface area contributed by atoms with Crippen molar-refractivity contribution in [1.29, 1.82) is 0 Å². The van der Waals surface area contributed by atoms with Gasteiger partial charge in [0, 0.05) is 12.2 Å². The summed E-state index contributed by atoms with van der Waals surface area (Å²) in [6.45, 7) is 2.44. The molecule has 1 aliphatic rings. The highest BCUT2D eigenvalue weighted by molar-refractivity contribution is 5.81. The number of carbonyl (C=O) groups excluding carboxylic acids is 1. The van der Waals surface area contributed by atoms with Crippen LogP contribution in [0.25, 0.3) is 11.0 Å². The zero-order chi connectivity index (χ0) is 20.2. The largest absolute Gasteiger partial charge is 0.354 e. The van der Waals surface area contributed by atoms with Gasteiger partial charge in [-0.05, 0) is 55.7 Å². The lowest BCUT2D eigenvalue weighted by atomic mass is 9.95. The van der Waals surface area contributed by atoms with Crippen molar-refractivity contribution in [3.05, 3.63) is 69.9 Å². The van der Waals surface area contributed by atoms with Gasteiger partial charge in [-0.15, -0.1) is 0 Å². The van der Waals surface area contributed by atoms with Gasteiger partial charge in [0.05, 0.1) is 5.39 Å². The van der Waals surface area contributed by atoms with E-state index in [1.165, 1.54) is 16.5 Å². The van der Waals surface area contributed by atoms with E-state index in [1.54, 1.807) is 0 Å². The summed E-state index contributed by atoms with van der Waals surface area (Å²) in [6, 6.07) is 11.4. The fourth-order valence-electron chi connectivity index (χ4n) is 4.01. The Morgan fingerprint density at radius 3 is 2.79 bits per heavy atom. The molecule has 2 aromatic heterocycles. The van der Waals surface area contributed by atoms with Crippen molar-refractivity contribution in [2.75, 3.05) is 6.54 Å². The lowest BCUT2D eigenvalue weighted by Crippen LogP contribution is -2.38. The molecule has 1 N–H and O–H groups in total. The van der Waals surface area contributed by atoms with Gasteiger partial charge in [0.15, 0.2) is 5.65 Å². The molecule has 4 rings (SSSR count). The molecule has 0 aliphatic heterocycles. The van der Waals surface area contributed by atoms with Crippen LogP contribution in [0.15, 0.2) is 47.5 Å². The predicted octanol–water partition coefficient (Wildman–Crippen LogP) is 2.98. The maximum atomic E-state index is 13.1. The van der Waals surface area contributed by atoms with Crippen molar-refractivity contribution in [2.24, 2.45) is 0 Å². The molecule has 0 saturated heterocycles. The van der Waals surface area contributed by atoms with Crippen molar-refractivity contribution < 1.29 is 4.79 Å². The Morgan fingerprint density at radius 2 is 2.00 bits per heavy atom. The van der Waals surface area contributed by atoms with Gasteiger partial charge >= 0.3 is 0 Å². The first-order valence-corrected chi connectivity index (χ1v) is 10.4. The minimum atomic E-state index is -0.578. The molecule has 150 valence electrons. The first-order chi connectivity index (χ1) is 14.2. The van der Waals surface area contributed by atoms with Crippen LogP contribution in [0, 0.1) is 0 Å². The second kappa shape index (κ2) is 8.55. The van der Waals surface area contributed by atoms with E-state index in [2.05, 4.69) is 15.3 Å². The highest BCUT2D eigenvalue weighted by Crippen LogP contribution is 2.22. The van der Waals surface area contributed by atoms with E-state index in [-0.39, 0.29) is 11.5 Å². The topological polar surface area (TPSA) is 76.9 Å². The summed E-state index contributed by atoms with van der Waals surface area (Å²) in [7, 11) is 0. The van der Waals surface area contributed by atoms with Crippen molar-refractivity contribution in [3.8, 4) is 0 Å². The Hall–Kier alpha value is -3.02. The van der Waals surface area contributed by atoms with E-state index in [9.17, 15) is 9.59 Å². The number of aromatic nitrogens is 3. The summed E-state index contributed by atoms with van der Waals surface area (Å²) in [6.07, 6.45) is 6.88. The Morgan fingerprint density at radius 1 is 1.21 bits per heavy atom. The van der Waals surface area contributed by atoms with Gasteiger partial charge in [0.1, 0.15) is 12.4 Å². The third kappa shape index (κ3) is 4.06. The monoisotopic (exact) mass is 390 g/mol. The molecule has 3 aromatic rings. The molecule has 6 nitrogen and oxygen atoms in total. The minimum Gasteiger partial charge on any atom is -0.354 e. The maximum Gasteiger partial charge on any atom is 0.263 e. The first-order valence-electron chi connectivity index (χ1n) is 10.4. The van der Waals surface area contributed by atoms with Gasteiger partial charge in [0.2, 0.25) is 5.91 Å². The number of amides is 1. The first kappa shape index (κ1) is 19.3. The molecule has 0 bridgehead atoms. The van der Waals surface area contributed by atoms with E-state index >= 15 is 0 Å². The average molecular weight is 390 g/mol. The van der Waals surface area contributed by atoms with Crippen LogP contribution in [0.4, 0.5) is 0 Å². The number of nitrogens with zero attached hydrogens (tertiary/aromatic N) is 3. The van der Waals surface area contributed by atoms with Crippen LogP contribution in [-0.4, -0.2) is 27.0 Å². The summed E-state index contributed by atoms with van der Waals surface area (Å²) in [5.41, 5.74) is 3.65. The van der Waals surface area contributed by atoms with Gasteiger partial charge in [-0.25, -0.2) is 9.97 Å². The van der Waals surface area contributed by atoms with Crippen LogP contribution in [0.5, 0.6) is 0 Å². The van der Waals surface area contributed by atoms with E-state index in [1.807, 2.05) is 43.3 Å². The number of fused-ring (bicyclic) bond motifs is 2. The summed E-state index contributed by atoms with van der Waals surface area (Å²) < 4.78 is 1.46. The Balaban J connectivity index is 1.55. The van der Waals surface area contributed by atoms with Crippen LogP contribution >= 0.6 is 0 Å².